The third-order valence-corrected chi connectivity index (χ3v) is 4.58. The highest BCUT2D eigenvalue weighted by Gasteiger charge is 2.25. The first kappa shape index (κ1) is 16.8. The molecular weight excluding hydrogens is 328 g/mol. The molecule has 0 aromatic carbocycles. The molecule has 1 saturated heterocycles. The smallest absolute Gasteiger partial charge is 0.223 e. The van der Waals surface area contributed by atoms with Gasteiger partial charge in [-0.15, -0.1) is 0 Å². The van der Waals surface area contributed by atoms with Crippen LogP contribution in [0.5, 0.6) is 0 Å². The highest BCUT2D eigenvalue weighted by Crippen LogP contribution is 2.28. The minimum atomic E-state index is 0.148. The summed E-state index contributed by atoms with van der Waals surface area (Å²) >= 11 is 5.73. The molecule has 6 nitrogen and oxygen atoms in total. The van der Waals surface area contributed by atoms with Crippen molar-refractivity contribution >= 4 is 23.3 Å². The highest BCUT2D eigenvalue weighted by atomic mass is 35.5. The van der Waals surface area contributed by atoms with E-state index in [1.54, 1.807) is 6.07 Å². The van der Waals surface area contributed by atoms with Crippen molar-refractivity contribution in [1.82, 2.24) is 15.0 Å². The summed E-state index contributed by atoms with van der Waals surface area (Å²) in [4.78, 5) is 18.7. The van der Waals surface area contributed by atoms with Crippen LogP contribution in [0, 0.1) is 0 Å². The Morgan fingerprint density at radius 2 is 2.38 bits per heavy atom. The Hall–Kier alpha value is -2.08. The molecule has 1 N–H and O–H groups in total. The van der Waals surface area contributed by atoms with Gasteiger partial charge >= 0.3 is 0 Å². The van der Waals surface area contributed by atoms with Gasteiger partial charge in [-0.05, 0) is 30.5 Å². The van der Waals surface area contributed by atoms with Crippen molar-refractivity contribution in [2.45, 2.75) is 31.6 Å². The lowest BCUT2D eigenvalue weighted by molar-refractivity contribution is -0.132. The highest BCUT2D eigenvalue weighted by molar-refractivity contribution is 6.29. The molecule has 0 bridgehead atoms. The van der Waals surface area contributed by atoms with Gasteiger partial charge in [0.2, 0.25) is 5.91 Å². The Kier molecular flexibility index (Phi) is 5.35. The second-order valence-electron chi connectivity index (χ2n) is 6.02. The van der Waals surface area contributed by atoms with Gasteiger partial charge in [-0.3, -0.25) is 4.79 Å². The van der Waals surface area contributed by atoms with Gasteiger partial charge in [0.05, 0.1) is 0 Å². The first-order valence-electron chi connectivity index (χ1n) is 8.18. The van der Waals surface area contributed by atoms with Crippen LogP contribution in [0.15, 0.2) is 28.9 Å². The van der Waals surface area contributed by atoms with Crippen LogP contribution in [-0.2, 0) is 11.2 Å². The Balaban J connectivity index is 1.59. The second-order valence-corrected chi connectivity index (χ2v) is 6.41. The van der Waals surface area contributed by atoms with Crippen molar-refractivity contribution in [3.63, 3.8) is 0 Å². The number of halogens is 1. The van der Waals surface area contributed by atoms with Gasteiger partial charge in [0.25, 0.3) is 0 Å². The molecule has 2 aromatic rings. The lowest BCUT2D eigenvalue weighted by Gasteiger charge is -2.33. The van der Waals surface area contributed by atoms with Gasteiger partial charge in [0.15, 0.2) is 5.15 Å². The van der Waals surface area contributed by atoms with Gasteiger partial charge < -0.3 is 14.7 Å². The number of aromatic nitrogens is 2. The molecule has 7 heteroatoms. The lowest BCUT2D eigenvalue weighted by Crippen LogP contribution is -2.39. The van der Waals surface area contributed by atoms with Gasteiger partial charge in [-0.2, -0.15) is 0 Å². The van der Waals surface area contributed by atoms with Crippen LogP contribution < -0.4 is 5.32 Å². The maximum atomic E-state index is 12.5. The van der Waals surface area contributed by atoms with Crippen molar-refractivity contribution in [3.8, 4) is 0 Å². The summed E-state index contributed by atoms with van der Waals surface area (Å²) in [5, 5.41) is 7.02. The molecule has 1 amide bonds. The first-order valence-corrected chi connectivity index (χ1v) is 8.56. The van der Waals surface area contributed by atoms with Crippen LogP contribution in [0.4, 0.5) is 5.82 Å². The fraction of sp³-hybridized carbons (Fsp3) is 0.471. The standard InChI is InChI=1S/C17H21ClN4O2/c1-19-16-9-12(6-7-20-16)13-3-2-8-22(11-13)17(23)5-4-14-10-15(18)21-24-14/h6-7,9-10,13H,2-5,8,11H2,1H3,(H,19,20)/t13-/m0/s1. The average Bonchev–Trinajstić information content (AvgIpc) is 3.05. The number of hydrogen-bond donors (Lipinski definition) is 1. The van der Waals surface area contributed by atoms with E-state index in [0.29, 0.717) is 29.7 Å². The Labute approximate surface area is 146 Å². The van der Waals surface area contributed by atoms with E-state index in [1.807, 2.05) is 24.2 Å². The van der Waals surface area contributed by atoms with Crippen LogP contribution >= 0.6 is 11.6 Å². The second kappa shape index (κ2) is 7.66. The summed E-state index contributed by atoms with van der Waals surface area (Å²) in [5.41, 5.74) is 1.23. The summed E-state index contributed by atoms with van der Waals surface area (Å²) in [6.45, 7) is 1.57. The normalized spacial score (nSPS) is 17.8. The number of likely N-dealkylation sites (tertiary alicyclic amines) is 1. The van der Waals surface area contributed by atoms with Crippen molar-refractivity contribution < 1.29 is 9.32 Å². The molecule has 0 aliphatic carbocycles. The van der Waals surface area contributed by atoms with Gasteiger partial charge in [0.1, 0.15) is 11.6 Å². The number of anilines is 1. The molecule has 0 radical (unpaired) electrons. The van der Waals surface area contributed by atoms with Gasteiger partial charge in [-0.1, -0.05) is 16.8 Å². The maximum Gasteiger partial charge on any atom is 0.223 e. The molecule has 3 heterocycles. The molecule has 1 fully saturated rings. The largest absolute Gasteiger partial charge is 0.373 e. The van der Waals surface area contributed by atoms with E-state index in [9.17, 15) is 4.79 Å². The number of pyridine rings is 1. The molecule has 0 spiro atoms. The minimum Gasteiger partial charge on any atom is -0.373 e. The molecule has 0 saturated carbocycles. The fourth-order valence-corrected chi connectivity index (χ4v) is 3.26. The summed E-state index contributed by atoms with van der Waals surface area (Å²) in [7, 11) is 1.86. The van der Waals surface area contributed by atoms with Crippen LogP contribution in [0.3, 0.4) is 0 Å². The number of carbonyl (C=O) groups excluding carboxylic acids is 1. The number of carbonyl (C=O) groups is 1. The predicted octanol–water partition coefficient (Wildman–Crippen LogP) is 3.10. The first-order chi connectivity index (χ1) is 11.7. The third kappa shape index (κ3) is 4.06. The number of nitrogens with zero attached hydrogens (tertiary/aromatic N) is 3. The number of nitrogens with one attached hydrogen (secondary N) is 1. The molecule has 1 atom stereocenters. The SMILES string of the molecule is CNc1cc([C@H]2CCCN(C(=O)CCc3cc(Cl)no3)C2)ccn1. The molecule has 0 unspecified atom stereocenters. The van der Waals surface area contributed by atoms with E-state index in [4.69, 9.17) is 16.1 Å². The van der Waals surface area contributed by atoms with Crippen LogP contribution in [0.2, 0.25) is 5.15 Å². The topological polar surface area (TPSA) is 71.3 Å². The van der Waals surface area contributed by atoms with Gasteiger partial charge in [-0.25, -0.2) is 4.98 Å². The molecule has 3 rings (SSSR count). The number of amides is 1. The van der Waals surface area contributed by atoms with E-state index in [2.05, 4.69) is 21.5 Å². The van der Waals surface area contributed by atoms with Crippen molar-refractivity contribution in [2.24, 2.45) is 0 Å². The third-order valence-electron chi connectivity index (χ3n) is 4.40. The van der Waals surface area contributed by atoms with Crippen LogP contribution in [-0.4, -0.2) is 41.1 Å². The zero-order valence-corrected chi connectivity index (χ0v) is 14.4. The Bertz CT molecular complexity index is 703. The zero-order valence-electron chi connectivity index (χ0n) is 13.7. The summed E-state index contributed by atoms with van der Waals surface area (Å²) < 4.78 is 5.05. The van der Waals surface area contributed by atoms with Crippen molar-refractivity contribution in [1.29, 1.82) is 0 Å². The minimum absolute atomic E-state index is 0.148. The van der Waals surface area contributed by atoms with Gasteiger partial charge in [0, 0.05) is 51.2 Å². The number of piperidine rings is 1. The van der Waals surface area contributed by atoms with E-state index < -0.39 is 0 Å². The van der Waals surface area contributed by atoms with E-state index >= 15 is 0 Å². The molecule has 128 valence electrons. The molecule has 2 aromatic heterocycles. The predicted molar refractivity (Wildman–Crippen MR) is 92.2 cm³/mol. The van der Waals surface area contributed by atoms with E-state index in [1.165, 1.54) is 5.56 Å². The zero-order chi connectivity index (χ0) is 16.9. The Morgan fingerprint density at radius 1 is 1.50 bits per heavy atom. The fourth-order valence-electron chi connectivity index (χ4n) is 3.11. The summed E-state index contributed by atoms with van der Waals surface area (Å²) in [5.74, 6) is 2.01. The van der Waals surface area contributed by atoms with E-state index in [0.717, 1.165) is 31.7 Å². The lowest BCUT2D eigenvalue weighted by atomic mass is 9.91. The maximum absolute atomic E-state index is 12.5. The number of rotatable bonds is 5. The number of aryl methyl sites for hydroxylation is 1. The quantitative estimate of drug-likeness (QED) is 0.899. The average molecular weight is 349 g/mol. The number of hydrogen-bond acceptors (Lipinski definition) is 5. The molecule has 1 aliphatic heterocycles. The monoisotopic (exact) mass is 348 g/mol. The van der Waals surface area contributed by atoms with Crippen LogP contribution in [0.1, 0.15) is 36.5 Å². The summed E-state index contributed by atoms with van der Waals surface area (Å²) in [6.07, 6.45) is 4.86. The molecule has 1 aliphatic rings. The molecular formula is C17H21ClN4O2. The molecule has 24 heavy (non-hydrogen) atoms. The Morgan fingerprint density at radius 3 is 3.12 bits per heavy atom. The van der Waals surface area contributed by atoms with Crippen molar-refractivity contribution in [2.75, 3.05) is 25.5 Å². The van der Waals surface area contributed by atoms with Crippen LogP contribution in [0.25, 0.3) is 0 Å². The van der Waals surface area contributed by atoms with E-state index in [-0.39, 0.29) is 5.91 Å². The summed E-state index contributed by atoms with van der Waals surface area (Å²) in [6, 6.07) is 5.76. The van der Waals surface area contributed by atoms with Crippen molar-refractivity contribution in [3.05, 3.63) is 40.9 Å².